The largest absolute Gasteiger partial charge is 0.396 e. The third-order valence-corrected chi connectivity index (χ3v) is 4.35. The quantitative estimate of drug-likeness (QED) is 0.807. The summed E-state index contributed by atoms with van der Waals surface area (Å²) in [6.07, 6.45) is 0.847. The molecule has 0 saturated heterocycles. The highest BCUT2D eigenvalue weighted by atomic mass is 32.2. The number of aliphatic hydroxyl groups excluding tert-OH is 1. The summed E-state index contributed by atoms with van der Waals surface area (Å²) >= 11 is 0. The molecule has 0 aromatic heterocycles. The van der Waals surface area contributed by atoms with Crippen LogP contribution < -0.4 is 0 Å². The Bertz CT molecular complexity index is 478. The van der Waals surface area contributed by atoms with Crippen LogP contribution >= 0.6 is 0 Å². The van der Waals surface area contributed by atoms with Crippen LogP contribution in [0, 0.1) is 18.8 Å². The van der Waals surface area contributed by atoms with Crippen molar-refractivity contribution in [2.45, 2.75) is 18.2 Å². The molecule has 1 fully saturated rings. The molecule has 94 valence electrons. The van der Waals surface area contributed by atoms with Crippen LogP contribution in [-0.4, -0.2) is 26.7 Å². The summed E-state index contributed by atoms with van der Waals surface area (Å²) in [6.45, 7) is 2.17. The molecule has 0 radical (unpaired) electrons. The van der Waals surface area contributed by atoms with Gasteiger partial charge in [0.15, 0.2) is 0 Å². The Kier molecular flexibility index (Phi) is 3.51. The number of hydrogen-bond donors (Lipinski definition) is 1. The van der Waals surface area contributed by atoms with Gasteiger partial charge in [0.1, 0.15) is 0 Å². The van der Waals surface area contributed by atoms with E-state index in [2.05, 4.69) is 0 Å². The van der Waals surface area contributed by atoms with E-state index in [-0.39, 0.29) is 29.9 Å². The minimum absolute atomic E-state index is 0.110. The third-order valence-electron chi connectivity index (χ3n) is 3.05. The maximum atomic E-state index is 11.8. The number of hydrogen-bond acceptors (Lipinski definition) is 4. The molecule has 2 rings (SSSR count). The third kappa shape index (κ3) is 3.06. The summed E-state index contributed by atoms with van der Waals surface area (Å²) in [5, 5.41) is 8.85. The molecule has 4 nitrogen and oxygen atoms in total. The van der Waals surface area contributed by atoms with Crippen molar-refractivity contribution in [1.29, 1.82) is 0 Å². The van der Waals surface area contributed by atoms with Crippen molar-refractivity contribution < 1.29 is 17.7 Å². The van der Waals surface area contributed by atoms with Gasteiger partial charge in [0.05, 0.1) is 11.5 Å². The van der Waals surface area contributed by atoms with Gasteiger partial charge in [-0.3, -0.25) is 4.18 Å². The van der Waals surface area contributed by atoms with Gasteiger partial charge in [-0.15, -0.1) is 0 Å². The van der Waals surface area contributed by atoms with Crippen molar-refractivity contribution >= 4 is 10.1 Å². The molecule has 1 aliphatic rings. The van der Waals surface area contributed by atoms with Crippen molar-refractivity contribution in [1.82, 2.24) is 0 Å². The van der Waals surface area contributed by atoms with Gasteiger partial charge in [-0.25, -0.2) is 0 Å². The number of aryl methyl sites for hydroxylation is 1. The van der Waals surface area contributed by atoms with Crippen molar-refractivity contribution in [2.75, 3.05) is 13.2 Å². The van der Waals surface area contributed by atoms with E-state index in [1.165, 1.54) is 0 Å². The minimum Gasteiger partial charge on any atom is -0.396 e. The zero-order chi connectivity index (χ0) is 12.5. The standard InChI is InChI=1S/C12H16O4S/c1-9-2-4-12(5-3-9)17(14,15)16-8-11-6-10(11)7-13/h2-5,10-11,13H,6-8H2,1H3/t10-,11+/m1/s1. The van der Waals surface area contributed by atoms with Crippen molar-refractivity contribution in [3.8, 4) is 0 Å². The van der Waals surface area contributed by atoms with E-state index >= 15 is 0 Å². The van der Waals surface area contributed by atoms with Crippen LogP contribution in [0.4, 0.5) is 0 Å². The monoisotopic (exact) mass is 256 g/mol. The molecule has 1 aliphatic carbocycles. The second kappa shape index (κ2) is 4.76. The molecular weight excluding hydrogens is 240 g/mol. The molecule has 0 unspecified atom stereocenters. The van der Waals surface area contributed by atoms with Gasteiger partial charge in [-0.05, 0) is 37.3 Å². The molecule has 1 saturated carbocycles. The molecule has 17 heavy (non-hydrogen) atoms. The maximum absolute atomic E-state index is 11.8. The number of benzene rings is 1. The van der Waals surface area contributed by atoms with Crippen LogP contribution in [0.5, 0.6) is 0 Å². The SMILES string of the molecule is Cc1ccc(S(=O)(=O)OC[C@@H]2C[C@@H]2CO)cc1. The molecule has 0 heterocycles. The van der Waals surface area contributed by atoms with Crippen LogP contribution in [0.2, 0.25) is 0 Å². The smallest absolute Gasteiger partial charge is 0.296 e. The Morgan fingerprint density at radius 1 is 1.29 bits per heavy atom. The van der Waals surface area contributed by atoms with Gasteiger partial charge in [0.25, 0.3) is 10.1 Å². The first-order valence-electron chi connectivity index (χ1n) is 5.60. The fourth-order valence-corrected chi connectivity index (χ4v) is 2.65. The Labute approximate surface area is 101 Å². The first kappa shape index (κ1) is 12.5. The van der Waals surface area contributed by atoms with Gasteiger partial charge >= 0.3 is 0 Å². The van der Waals surface area contributed by atoms with Crippen LogP contribution in [0.25, 0.3) is 0 Å². The summed E-state index contributed by atoms with van der Waals surface area (Å²) in [5.41, 5.74) is 1.01. The zero-order valence-corrected chi connectivity index (χ0v) is 10.5. The number of rotatable bonds is 5. The second-order valence-corrected chi connectivity index (χ2v) is 6.11. The molecule has 0 amide bonds. The molecule has 1 N–H and O–H groups in total. The Morgan fingerprint density at radius 2 is 1.94 bits per heavy atom. The van der Waals surface area contributed by atoms with E-state index < -0.39 is 10.1 Å². The first-order chi connectivity index (χ1) is 8.03. The Hall–Kier alpha value is -0.910. The Balaban J connectivity index is 1.97. The lowest BCUT2D eigenvalue weighted by molar-refractivity contribution is 0.244. The highest BCUT2D eigenvalue weighted by Gasteiger charge is 2.37. The molecule has 5 heteroatoms. The maximum Gasteiger partial charge on any atom is 0.296 e. The van der Waals surface area contributed by atoms with E-state index in [0.29, 0.717) is 0 Å². The predicted molar refractivity (Wildman–Crippen MR) is 63.0 cm³/mol. The summed E-state index contributed by atoms with van der Waals surface area (Å²) in [6, 6.07) is 6.57. The minimum atomic E-state index is -3.65. The summed E-state index contributed by atoms with van der Waals surface area (Å²) in [4.78, 5) is 0.185. The molecular formula is C12H16O4S. The van der Waals surface area contributed by atoms with Gasteiger partial charge in [-0.1, -0.05) is 17.7 Å². The molecule has 0 bridgehead atoms. The molecule has 0 aliphatic heterocycles. The van der Waals surface area contributed by atoms with Crippen molar-refractivity contribution in [2.24, 2.45) is 11.8 Å². The van der Waals surface area contributed by atoms with Gasteiger partial charge in [-0.2, -0.15) is 8.42 Å². The van der Waals surface area contributed by atoms with Crippen LogP contribution in [0.15, 0.2) is 29.2 Å². The van der Waals surface area contributed by atoms with Crippen LogP contribution in [-0.2, 0) is 14.3 Å². The van der Waals surface area contributed by atoms with E-state index in [9.17, 15) is 8.42 Å². The zero-order valence-electron chi connectivity index (χ0n) is 9.67. The molecule has 2 atom stereocenters. The van der Waals surface area contributed by atoms with E-state index in [0.717, 1.165) is 12.0 Å². The predicted octanol–water partition coefficient (Wildman–Crippen LogP) is 1.33. The molecule has 1 aromatic carbocycles. The summed E-state index contributed by atoms with van der Waals surface area (Å²) in [5.74, 6) is 0.392. The second-order valence-electron chi connectivity index (χ2n) is 4.49. The topological polar surface area (TPSA) is 63.6 Å². The average molecular weight is 256 g/mol. The Morgan fingerprint density at radius 3 is 2.47 bits per heavy atom. The fraction of sp³-hybridized carbons (Fsp3) is 0.500. The van der Waals surface area contributed by atoms with Crippen molar-refractivity contribution in [3.05, 3.63) is 29.8 Å². The lowest BCUT2D eigenvalue weighted by Crippen LogP contribution is -2.09. The van der Waals surface area contributed by atoms with Crippen molar-refractivity contribution in [3.63, 3.8) is 0 Å². The normalized spacial score (nSPS) is 23.6. The van der Waals surface area contributed by atoms with Gasteiger partial charge < -0.3 is 5.11 Å². The first-order valence-corrected chi connectivity index (χ1v) is 7.00. The fourth-order valence-electron chi connectivity index (χ4n) is 1.69. The lowest BCUT2D eigenvalue weighted by atomic mass is 10.2. The highest BCUT2D eigenvalue weighted by molar-refractivity contribution is 7.86. The average Bonchev–Trinajstić information content (AvgIpc) is 3.06. The molecule has 1 aromatic rings. The van der Waals surface area contributed by atoms with Crippen LogP contribution in [0.3, 0.4) is 0 Å². The van der Waals surface area contributed by atoms with Gasteiger partial charge in [0.2, 0.25) is 0 Å². The summed E-state index contributed by atoms with van der Waals surface area (Å²) < 4.78 is 28.5. The van der Waals surface area contributed by atoms with E-state index in [1.807, 2.05) is 6.92 Å². The van der Waals surface area contributed by atoms with E-state index in [4.69, 9.17) is 9.29 Å². The van der Waals surface area contributed by atoms with Gasteiger partial charge in [0, 0.05) is 6.61 Å². The highest BCUT2D eigenvalue weighted by Crippen LogP contribution is 2.38. The summed E-state index contributed by atoms with van der Waals surface area (Å²) in [7, 11) is -3.65. The van der Waals surface area contributed by atoms with E-state index in [1.54, 1.807) is 24.3 Å². The molecule has 0 spiro atoms. The lowest BCUT2D eigenvalue weighted by Gasteiger charge is -2.05. The number of aliphatic hydroxyl groups is 1. The van der Waals surface area contributed by atoms with Crippen LogP contribution in [0.1, 0.15) is 12.0 Å².